The summed E-state index contributed by atoms with van der Waals surface area (Å²) in [5.41, 5.74) is 6.87. The number of benzene rings is 1. The van der Waals surface area contributed by atoms with Crippen LogP contribution in [0.25, 0.3) is 0 Å². The summed E-state index contributed by atoms with van der Waals surface area (Å²) in [6.07, 6.45) is 0.602. The van der Waals surface area contributed by atoms with Gasteiger partial charge in [-0.2, -0.15) is 0 Å². The van der Waals surface area contributed by atoms with Crippen LogP contribution in [-0.4, -0.2) is 17.8 Å². The minimum absolute atomic E-state index is 0.0306. The molecular weight excluding hydrogens is 266 g/mol. The van der Waals surface area contributed by atoms with E-state index in [-0.39, 0.29) is 17.9 Å². The molecule has 0 saturated heterocycles. The van der Waals surface area contributed by atoms with Gasteiger partial charge < -0.3 is 10.8 Å². The maximum atomic E-state index is 10.2. The average molecular weight is 286 g/mol. The highest BCUT2D eigenvalue weighted by molar-refractivity contribution is 9.10. The normalized spacial score (nSPS) is 16.8. The first-order valence-corrected chi connectivity index (χ1v) is 6.53. The smallest absolute Gasteiger partial charge is 0.0646 e. The minimum Gasteiger partial charge on any atom is -0.392 e. The Kier molecular flexibility index (Phi) is 5.46. The van der Waals surface area contributed by atoms with Gasteiger partial charge in [-0.15, -0.1) is 0 Å². The molecule has 0 saturated carbocycles. The van der Waals surface area contributed by atoms with Crippen molar-refractivity contribution in [3.05, 3.63) is 34.3 Å². The summed E-state index contributed by atoms with van der Waals surface area (Å²) in [6.45, 7) is 4.63. The Morgan fingerprint density at radius 1 is 1.31 bits per heavy atom. The van der Waals surface area contributed by atoms with Gasteiger partial charge in [-0.1, -0.05) is 48.3 Å². The molecule has 3 N–H and O–H groups in total. The zero-order valence-corrected chi connectivity index (χ0v) is 11.4. The van der Waals surface area contributed by atoms with E-state index in [1.165, 1.54) is 0 Å². The van der Waals surface area contributed by atoms with Crippen LogP contribution in [0.15, 0.2) is 28.7 Å². The van der Waals surface area contributed by atoms with Crippen molar-refractivity contribution in [2.45, 2.75) is 32.3 Å². The molecule has 1 aromatic carbocycles. The third kappa shape index (κ3) is 3.30. The van der Waals surface area contributed by atoms with E-state index in [1.807, 2.05) is 24.3 Å². The molecule has 0 radical (unpaired) electrons. The largest absolute Gasteiger partial charge is 0.392 e. The van der Waals surface area contributed by atoms with Crippen molar-refractivity contribution >= 4 is 15.9 Å². The Hall–Kier alpha value is -0.380. The second kappa shape index (κ2) is 6.38. The summed E-state index contributed by atoms with van der Waals surface area (Å²) in [5, 5.41) is 10.2. The molecule has 2 nitrogen and oxygen atoms in total. The lowest BCUT2D eigenvalue weighted by molar-refractivity contribution is 0.0886. The fraction of sp³-hybridized carbons (Fsp3) is 0.538. The number of aliphatic hydroxyl groups is 1. The van der Waals surface area contributed by atoms with Crippen molar-refractivity contribution in [3.8, 4) is 0 Å². The van der Waals surface area contributed by atoms with Gasteiger partial charge in [0.25, 0.3) is 0 Å². The van der Waals surface area contributed by atoms with E-state index in [0.717, 1.165) is 16.5 Å². The fourth-order valence-electron chi connectivity index (χ4n) is 1.82. The van der Waals surface area contributed by atoms with Crippen LogP contribution in [0.1, 0.15) is 31.7 Å². The van der Waals surface area contributed by atoms with Crippen molar-refractivity contribution in [1.29, 1.82) is 0 Å². The molecule has 0 aliphatic rings. The molecule has 0 spiro atoms. The monoisotopic (exact) mass is 285 g/mol. The molecule has 0 aliphatic carbocycles. The van der Waals surface area contributed by atoms with Gasteiger partial charge in [0.05, 0.1) is 6.10 Å². The maximum Gasteiger partial charge on any atom is 0.0646 e. The van der Waals surface area contributed by atoms with Gasteiger partial charge in [0.2, 0.25) is 0 Å². The number of hydrogen-bond donors (Lipinski definition) is 2. The number of halogens is 1. The van der Waals surface area contributed by atoms with Crippen LogP contribution in [-0.2, 0) is 0 Å². The SMILES string of the molecule is CCC(C)C(O)C(CN)c1ccc(Br)cc1. The van der Waals surface area contributed by atoms with Gasteiger partial charge in [0.15, 0.2) is 0 Å². The second-order valence-electron chi connectivity index (χ2n) is 4.27. The molecule has 0 bridgehead atoms. The second-order valence-corrected chi connectivity index (χ2v) is 5.19. The third-order valence-electron chi connectivity index (χ3n) is 3.19. The molecule has 0 aliphatic heterocycles. The zero-order valence-electron chi connectivity index (χ0n) is 9.86. The van der Waals surface area contributed by atoms with Crippen molar-refractivity contribution in [1.82, 2.24) is 0 Å². The quantitative estimate of drug-likeness (QED) is 0.874. The molecule has 16 heavy (non-hydrogen) atoms. The van der Waals surface area contributed by atoms with Crippen LogP contribution >= 0.6 is 15.9 Å². The molecule has 3 unspecified atom stereocenters. The van der Waals surface area contributed by atoms with Crippen LogP contribution < -0.4 is 5.73 Å². The summed E-state index contributed by atoms with van der Waals surface area (Å²) in [5.74, 6) is 0.306. The third-order valence-corrected chi connectivity index (χ3v) is 3.72. The lowest BCUT2D eigenvalue weighted by Crippen LogP contribution is -2.30. The Morgan fingerprint density at radius 2 is 1.88 bits per heavy atom. The van der Waals surface area contributed by atoms with Gasteiger partial charge in [0.1, 0.15) is 0 Å². The first kappa shape index (κ1) is 13.7. The number of nitrogens with two attached hydrogens (primary N) is 1. The molecule has 0 amide bonds. The first-order chi connectivity index (χ1) is 7.60. The first-order valence-electron chi connectivity index (χ1n) is 5.73. The van der Waals surface area contributed by atoms with Crippen molar-refractivity contribution < 1.29 is 5.11 Å². The maximum absolute atomic E-state index is 10.2. The van der Waals surface area contributed by atoms with Gasteiger partial charge in [-0.3, -0.25) is 0 Å². The van der Waals surface area contributed by atoms with Gasteiger partial charge in [-0.25, -0.2) is 0 Å². The molecule has 1 aromatic rings. The molecule has 3 atom stereocenters. The topological polar surface area (TPSA) is 46.2 Å². The number of hydrogen-bond acceptors (Lipinski definition) is 2. The Labute approximate surface area is 106 Å². The van der Waals surface area contributed by atoms with Gasteiger partial charge >= 0.3 is 0 Å². The van der Waals surface area contributed by atoms with E-state index in [1.54, 1.807) is 0 Å². The van der Waals surface area contributed by atoms with E-state index >= 15 is 0 Å². The van der Waals surface area contributed by atoms with Crippen molar-refractivity contribution in [3.63, 3.8) is 0 Å². The highest BCUT2D eigenvalue weighted by atomic mass is 79.9. The molecule has 1 rings (SSSR count). The summed E-state index contributed by atoms with van der Waals surface area (Å²) in [6, 6.07) is 8.02. The summed E-state index contributed by atoms with van der Waals surface area (Å²) in [7, 11) is 0. The summed E-state index contributed by atoms with van der Waals surface area (Å²) in [4.78, 5) is 0. The van der Waals surface area contributed by atoms with Crippen LogP contribution in [0.4, 0.5) is 0 Å². The van der Waals surface area contributed by atoms with Gasteiger partial charge in [-0.05, 0) is 23.6 Å². The lowest BCUT2D eigenvalue weighted by Gasteiger charge is -2.26. The minimum atomic E-state index is -0.365. The van der Waals surface area contributed by atoms with E-state index in [4.69, 9.17) is 5.73 Å². The molecule has 0 aromatic heterocycles. The van der Waals surface area contributed by atoms with Crippen LogP contribution in [0.5, 0.6) is 0 Å². The van der Waals surface area contributed by atoms with E-state index in [0.29, 0.717) is 6.54 Å². The standard InChI is InChI=1S/C13H20BrNO/c1-3-9(2)13(16)12(8-15)10-4-6-11(14)7-5-10/h4-7,9,12-13,16H,3,8,15H2,1-2H3. The lowest BCUT2D eigenvalue weighted by atomic mass is 9.85. The highest BCUT2D eigenvalue weighted by Gasteiger charge is 2.23. The molecule has 90 valence electrons. The Balaban J connectivity index is 2.85. The van der Waals surface area contributed by atoms with Crippen molar-refractivity contribution in [2.75, 3.05) is 6.54 Å². The van der Waals surface area contributed by atoms with E-state index < -0.39 is 0 Å². The van der Waals surface area contributed by atoms with Crippen molar-refractivity contribution in [2.24, 2.45) is 11.7 Å². The molecule has 0 fully saturated rings. The van der Waals surface area contributed by atoms with Crippen LogP contribution in [0, 0.1) is 5.92 Å². The van der Waals surface area contributed by atoms with Crippen LogP contribution in [0.2, 0.25) is 0 Å². The molecular formula is C13H20BrNO. The Bertz CT molecular complexity index is 312. The number of rotatable bonds is 5. The summed E-state index contributed by atoms with van der Waals surface area (Å²) < 4.78 is 1.05. The highest BCUT2D eigenvalue weighted by Crippen LogP contribution is 2.26. The summed E-state index contributed by atoms with van der Waals surface area (Å²) >= 11 is 3.40. The predicted octanol–water partition coefficient (Wildman–Crippen LogP) is 2.90. The molecule has 0 heterocycles. The predicted molar refractivity (Wildman–Crippen MR) is 71.4 cm³/mol. The molecule has 3 heteroatoms. The van der Waals surface area contributed by atoms with Gasteiger partial charge in [0, 0.05) is 16.9 Å². The zero-order chi connectivity index (χ0) is 12.1. The Morgan fingerprint density at radius 3 is 2.31 bits per heavy atom. The van der Waals surface area contributed by atoms with E-state index in [2.05, 4.69) is 29.8 Å². The van der Waals surface area contributed by atoms with E-state index in [9.17, 15) is 5.11 Å². The fourth-order valence-corrected chi connectivity index (χ4v) is 2.09. The average Bonchev–Trinajstić information content (AvgIpc) is 2.31. The van der Waals surface area contributed by atoms with Crippen LogP contribution in [0.3, 0.4) is 0 Å². The number of aliphatic hydroxyl groups excluding tert-OH is 1.